The molecule has 0 spiro atoms. The lowest BCUT2D eigenvalue weighted by Gasteiger charge is -2.35. The first-order valence-electron chi connectivity index (χ1n) is 7.79. The fourth-order valence-electron chi connectivity index (χ4n) is 2.82. The lowest BCUT2D eigenvalue weighted by atomic mass is 10.2. The molecular weight excluding hydrogens is 312 g/mol. The summed E-state index contributed by atoms with van der Waals surface area (Å²) < 4.78 is 12.0. The van der Waals surface area contributed by atoms with E-state index in [1.54, 1.807) is 17.0 Å². The second kappa shape index (κ2) is 6.48. The maximum absolute atomic E-state index is 12.5. The van der Waals surface area contributed by atoms with Crippen LogP contribution in [0.3, 0.4) is 0 Å². The molecule has 1 aliphatic heterocycles. The van der Waals surface area contributed by atoms with Gasteiger partial charge in [-0.1, -0.05) is 0 Å². The van der Waals surface area contributed by atoms with Crippen LogP contribution >= 0.6 is 0 Å². The van der Waals surface area contributed by atoms with Crippen LogP contribution in [-0.2, 0) is 16.1 Å². The Kier molecular flexibility index (Phi) is 4.39. The van der Waals surface area contributed by atoms with E-state index >= 15 is 0 Å². The Morgan fingerprint density at radius 3 is 2.71 bits per heavy atom. The molecule has 1 aliphatic rings. The molecule has 0 saturated carbocycles. The molecule has 128 valence electrons. The highest BCUT2D eigenvalue weighted by molar-refractivity contribution is 5.76. The summed E-state index contributed by atoms with van der Waals surface area (Å²) in [5.41, 5.74) is 5.71. The molecule has 1 saturated heterocycles. The number of rotatable bonds is 3. The predicted octanol–water partition coefficient (Wildman–Crippen LogP) is 0.721. The number of carbonyl (C=O) groups is 1. The molecule has 0 aliphatic carbocycles. The topological polar surface area (TPSA) is 104 Å². The molecule has 0 radical (unpaired) electrons. The molecule has 2 aromatic heterocycles. The number of furan rings is 1. The zero-order valence-corrected chi connectivity index (χ0v) is 13.6. The number of anilines is 1. The summed E-state index contributed by atoms with van der Waals surface area (Å²) in [7, 11) is 0. The molecule has 0 bridgehead atoms. The van der Waals surface area contributed by atoms with Crippen molar-refractivity contribution in [1.82, 2.24) is 14.7 Å². The molecule has 2 N–H and O–H groups in total. The highest BCUT2D eigenvalue weighted by Gasteiger charge is 2.26. The quantitative estimate of drug-likeness (QED) is 0.888. The number of hydrogen-bond acceptors (Lipinski definition) is 6. The van der Waals surface area contributed by atoms with Crippen LogP contribution in [0.2, 0.25) is 0 Å². The third kappa shape index (κ3) is 3.33. The highest BCUT2D eigenvalue weighted by atomic mass is 16.5. The summed E-state index contributed by atoms with van der Waals surface area (Å²) in [6.45, 7) is 4.64. The van der Waals surface area contributed by atoms with E-state index in [4.69, 9.17) is 14.9 Å². The molecule has 2 atom stereocenters. The largest absolute Gasteiger partial charge is 0.463 e. The van der Waals surface area contributed by atoms with Crippen LogP contribution in [0.15, 0.2) is 33.7 Å². The van der Waals surface area contributed by atoms with Crippen LogP contribution in [0.5, 0.6) is 0 Å². The molecule has 24 heavy (non-hydrogen) atoms. The number of hydrogen-bond donors (Lipinski definition) is 1. The van der Waals surface area contributed by atoms with Gasteiger partial charge < -0.3 is 19.8 Å². The molecule has 2 aromatic rings. The normalized spacial score (nSPS) is 21.0. The summed E-state index contributed by atoms with van der Waals surface area (Å²) in [5.74, 6) is 0.291. The molecular formula is C16H20N4O4. The molecule has 0 aromatic carbocycles. The van der Waals surface area contributed by atoms with Gasteiger partial charge in [-0.05, 0) is 32.0 Å². The second-order valence-electron chi connectivity index (χ2n) is 5.98. The van der Waals surface area contributed by atoms with Gasteiger partial charge in [-0.25, -0.2) is 4.68 Å². The molecule has 1 amide bonds. The van der Waals surface area contributed by atoms with Gasteiger partial charge in [-0.3, -0.25) is 9.59 Å². The fraction of sp³-hybridized carbons (Fsp3) is 0.438. The van der Waals surface area contributed by atoms with Crippen molar-refractivity contribution in [3.8, 4) is 11.5 Å². The molecule has 3 rings (SSSR count). The van der Waals surface area contributed by atoms with Gasteiger partial charge in [0.1, 0.15) is 17.9 Å². The molecule has 8 heteroatoms. The highest BCUT2D eigenvalue weighted by Crippen LogP contribution is 2.17. The van der Waals surface area contributed by atoms with E-state index in [0.29, 0.717) is 24.5 Å². The van der Waals surface area contributed by atoms with Crippen molar-refractivity contribution in [1.29, 1.82) is 0 Å². The van der Waals surface area contributed by atoms with Gasteiger partial charge in [0.15, 0.2) is 5.76 Å². The third-order valence-electron chi connectivity index (χ3n) is 3.83. The zero-order valence-electron chi connectivity index (χ0n) is 13.6. The van der Waals surface area contributed by atoms with Gasteiger partial charge in [0.2, 0.25) is 5.91 Å². The minimum atomic E-state index is -0.493. The van der Waals surface area contributed by atoms with E-state index < -0.39 is 5.56 Å². The Morgan fingerprint density at radius 2 is 2.08 bits per heavy atom. The summed E-state index contributed by atoms with van der Waals surface area (Å²) >= 11 is 0. The number of aromatic nitrogens is 2. The maximum Gasteiger partial charge on any atom is 0.290 e. The molecule has 0 unspecified atom stereocenters. The van der Waals surface area contributed by atoms with Crippen LogP contribution in [-0.4, -0.2) is 45.9 Å². The summed E-state index contributed by atoms with van der Waals surface area (Å²) in [6, 6.07) is 4.87. The Balaban J connectivity index is 1.84. The number of nitrogens with two attached hydrogens (primary N) is 1. The van der Waals surface area contributed by atoms with Gasteiger partial charge in [-0.15, -0.1) is 0 Å². The fourth-order valence-corrected chi connectivity index (χ4v) is 2.82. The number of amides is 1. The van der Waals surface area contributed by atoms with Crippen LogP contribution in [0, 0.1) is 0 Å². The Bertz CT molecular complexity index is 774. The maximum atomic E-state index is 12.5. The Labute approximate surface area is 138 Å². The van der Waals surface area contributed by atoms with Crippen molar-refractivity contribution in [2.24, 2.45) is 0 Å². The standard InChI is InChI=1S/C16H20N4O4/c1-10-7-19(8-11(2)24-10)15(21)9-20-16(22)12(17)6-13(18-20)14-4-3-5-23-14/h3-6,10-11H,7-9,17H2,1-2H3/t10-,11+. The van der Waals surface area contributed by atoms with Crippen LogP contribution in [0.25, 0.3) is 11.5 Å². The number of ether oxygens (including phenoxy) is 1. The minimum Gasteiger partial charge on any atom is -0.463 e. The SMILES string of the molecule is C[C@@H]1CN(C(=O)Cn2nc(-c3ccco3)cc(N)c2=O)C[C@H](C)O1. The van der Waals surface area contributed by atoms with Crippen LogP contribution in [0.1, 0.15) is 13.8 Å². The van der Waals surface area contributed by atoms with Crippen molar-refractivity contribution in [3.05, 3.63) is 34.8 Å². The van der Waals surface area contributed by atoms with Gasteiger partial charge in [-0.2, -0.15) is 5.10 Å². The summed E-state index contributed by atoms with van der Waals surface area (Å²) in [5, 5.41) is 4.20. The average molecular weight is 332 g/mol. The first-order valence-corrected chi connectivity index (χ1v) is 7.79. The van der Waals surface area contributed by atoms with E-state index in [9.17, 15) is 9.59 Å². The van der Waals surface area contributed by atoms with E-state index in [1.165, 1.54) is 12.3 Å². The van der Waals surface area contributed by atoms with E-state index in [-0.39, 0.29) is 30.3 Å². The number of nitrogen functional groups attached to an aromatic ring is 1. The number of carbonyl (C=O) groups excluding carboxylic acids is 1. The number of nitrogens with zero attached hydrogens (tertiary/aromatic N) is 3. The van der Waals surface area contributed by atoms with E-state index in [2.05, 4.69) is 5.10 Å². The van der Waals surface area contributed by atoms with Crippen molar-refractivity contribution in [3.63, 3.8) is 0 Å². The lowest BCUT2D eigenvalue weighted by molar-refractivity contribution is -0.144. The molecule has 1 fully saturated rings. The van der Waals surface area contributed by atoms with Crippen molar-refractivity contribution >= 4 is 11.6 Å². The van der Waals surface area contributed by atoms with E-state index in [1.807, 2.05) is 13.8 Å². The average Bonchev–Trinajstić information content (AvgIpc) is 3.05. The third-order valence-corrected chi connectivity index (χ3v) is 3.83. The van der Waals surface area contributed by atoms with Crippen molar-refractivity contribution < 1.29 is 13.9 Å². The smallest absolute Gasteiger partial charge is 0.290 e. The van der Waals surface area contributed by atoms with Gasteiger partial charge in [0.05, 0.1) is 18.5 Å². The minimum absolute atomic E-state index is 0.0212. The van der Waals surface area contributed by atoms with E-state index in [0.717, 1.165) is 4.68 Å². The first-order chi connectivity index (χ1) is 11.4. The zero-order chi connectivity index (χ0) is 17.3. The van der Waals surface area contributed by atoms with Gasteiger partial charge in [0, 0.05) is 13.1 Å². The number of morpholine rings is 1. The monoisotopic (exact) mass is 332 g/mol. The predicted molar refractivity (Wildman–Crippen MR) is 87.2 cm³/mol. The molecule has 3 heterocycles. The van der Waals surface area contributed by atoms with Crippen LogP contribution in [0.4, 0.5) is 5.69 Å². The summed E-state index contributed by atoms with van der Waals surface area (Å²) in [6.07, 6.45) is 1.42. The Hall–Kier alpha value is -2.61. The molecule has 8 nitrogen and oxygen atoms in total. The van der Waals surface area contributed by atoms with Crippen molar-refractivity contribution in [2.75, 3.05) is 18.8 Å². The lowest BCUT2D eigenvalue weighted by Crippen LogP contribution is -2.49. The summed E-state index contributed by atoms with van der Waals surface area (Å²) in [4.78, 5) is 26.4. The van der Waals surface area contributed by atoms with Crippen LogP contribution < -0.4 is 11.3 Å². The van der Waals surface area contributed by atoms with Gasteiger partial charge >= 0.3 is 0 Å². The van der Waals surface area contributed by atoms with Gasteiger partial charge in [0.25, 0.3) is 5.56 Å². The second-order valence-corrected chi connectivity index (χ2v) is 5.98. The van der Waals surface area contributed by atoms with Crippen molar-refractivity contribution in [2.45, 2.75) is 32.6 Å². The Morgan fingerprint density at radius 1 is 1.38 bits per heavy atom. The first kappa shape index (κ1) is 16.3.